The molecule has 3 aliphatic rings. The standard InChI is InChI=1S/C70H131NO18/c1-3-5-7-9-11-13-15-16-17-18-19-20-21-22-23-24-25-26-27-28-29-30-31-32-33-34-35-36-38-40-42-44-46-48-58(76)71-53(54(75)47-45-43-41-39-37-14-12-10-8-6-4-2)52-84-68-64(82)61(79)66(56(50-73)86-68)89-70-65(83)62(80)67(57(51-74)87-70)88-69-63(81)60(78)59(77)55(49-72)85-69/h15-16,18-19,53-57,59-70,72-75,77-83H,3-14,17,20-52H2,1-2H3,(H,71,76)/b16-15-,19-18-. The van der Waals surface area contributed by atoms with Crippen molar-refractivity contribution in [2.75, 3.05) is 26.4 Å². The van der Waals surface area contributed by atoms with Crippen molar-refractivity contribution in [1.29, 1.82) is 0 Å². The summed E-state index contributed by atoms with van der Waals surface area (Å²) < 4.78 is 34.4. The van der Waals surface area contributed by atoms with Crippen molar-refractivity contribution in [2.45, 2.75) is 388 Å². The van der Waals surface area contributed by atoms with Crippen LogP contribution in [0.1, 0.15) is 284 Å². The molecule has 19 nitrogen and oxygen atoms in total. The first kappa shape index (κ1) is 81.5. The molecule has 0 aromatic heterocycles. The summed E-state index contributed by atoms with van der Waals surface area (Å²) >= 11 is 0. The molecule has 0 aromatic rings. The van der Waals surface area contributed by atoms with Crippen LogP contribution in [0.2, 0.25) is 0 Å². The molecule has 0 bridgehead atoms. The zero-order valence-electron chi connectivity index (χ0n) is 55.4. The maximum Gasteiger partial charge on any atom is 0.220 e. The predicted octanol–water partition coefficient (Wildman–Crippen LogP) is 9.83. The van der Waals surface area contributed by atoms with Gasteiger partial charge in [-0.2, -0.15) is 0 Å². The Bertz CT molecular complexity index is 1710. The molecule has 3 fully saturated rings. The van der Waals surface area contributed by atoms with E-state index in [0.717, 1.165) is 51.4 Å². The van der Waals surface area contributed by atoms with E-state index in [2.05, 4.69) is 43.5 Å². The largest absolute Gasteiger partial charge is 0.394 e. The molecule has 3 aliphatic heterocycles. The van der Waals surface area contributed by atoms with Gasteiger partial charge in [-0.05, 0) is 44.9 Å². The molecule has 1 amide bonds. The normalized spacial score (nSPS) is 28.3. The zero-order chi connectivity index (χ0) is 64.7. The number of hydrogen-bond donors (Lipinski definition) is 12. The highest BCUT2D eigenvalue weighted by Gasteiger charge is 2.53. The lowest BCUT2D eigenvalue weighted by Crippen LogP contribution is -2.66. The number of allylic oxidation sites excluding steroid dienone is 4. The molecule has 0 spiro atoms. The fourth-order valence-electron chi connectivity index (χ4n) is 12.4. The molecule has 0 aromatic carbocycles. The molecule has 17 atom stereocenters. The summed E-state index contributed by atoms with van der Waals surface area (Å²) in [6.45, 7) is 1.79. The SMILES string of the molecule is CCCCCCC/C=C\C/C=C\CCCCCCCCCCCCCCCCCCCCCCCC(=O)NC(COC1OC(CO)C(OC2OC(CO)C(OC3OC(CO)C(O)C(O)C3O)C(O)C2O)C(O)C1O)C(O)CCCCCCCCCCCCC. The molecule has 89 heavy (non-hydrogen) atoms. The first-order chi connectivity index (χ1) is 43.3. The van der Waals surface area contributed by atoms with Crippen LogP contribution in [0, 0.1) is 0 Å². The molecule has 17 unspecified atom stereocenters. The minimum atomic E-state index is -1.97. The Morgan fingerprint density at radius 2 is 0.742 bits per heavy atom. The van der Waals surface area contributed by atoms with Crippen molar-refractivity contribution in [1.82, 2.24) is 5.32 Å². The van der Waals surface area contributed by atoms with Gasteiger partial charge in [-0.3, -0.25) is 4.79 Å². The van der Waals surface area contributed by atoms with E-state index in [1.807, 2.05) is 0 Å². The molecule has 3 saturated heterocycles. The molecule has 0 radical (unpaired) electrons. The number of hydrogen-bond acceptors (Lipinski definition) is 18. The highest BCUT2D eigenvalue weighted by molar-refractivity contribution is 5.76. The molecule has 12 N–H and O–H groups in total. The second-order valence-electron chi connectivity index (χ2n) is 26.1. The van der Waals surface area contributed by atoms with Crippen molar-refractivity contribution >= 4 is 5.91 Å². The summed E-state index contributed by atoms with van der Waals surface area (Å²) in [7, 11) is 0. The van der Waals surface area contributed by atoms with Gasteiger partial charge in [-0.1, -0.05) is 256 Å². The van der Waals surface area contributed by atoms with Gasteiger partial charge < -0.3 is 89.9 Å². The number of ether oxygens (including phenoxy) is 6. The third kappa shape index (κ3) is 34.5. The van der Waals surface area contributed by atoms with Gasteiger partial charge in [0.2, 0.25) is 5.91 Å². The molecule has 3 heterocycles. The van der Waals surface area contributed by atoms with Gasteiger partial charge in [0.05, 0.1) is 38.6 Å². The van der Waals surface area contributed by atoms with Gasteiger partial charge in [0.15, 0.2) is 18.9 Å². The minimum absolute atomic E-state index is 0.239. The van der Waals surface area contributed by atoms with E-state index >= 15 is 0 Å². The van der Waals surface area contributed by atoms with Crippen molar-refractivity contribution in [2.24, 2.45) is 0 Å². The number of carbonyl (C=O) groups is 1. The van der Waals surface area contributed by atoms with Crippen LogP contribution < -0.4 is 5.32 Å². The number of carbonyl (C=O) groups excluding carboxylic acids is 1. The van der Waals surface area contributed by atoms with E-state index in [1.165, 1.54) is 199 Å². The number of aliphatic hydroxyl groups excluding tert-OH is 11. The van der Waals surface area contributed by atoms with E-state index in [4.69, 9.17) is 28.4 Å². The van der Waals surface area contributed by atoms with Crippen LogP contribution in [0.4, 0.5) is 0 Å². The summed E-state index contributed by atoms with van der Waals surface area (Å²) in [6.07, 6.45) is 32.9. The van der Waals surface area contributed by atoms with E-state index in [9.17, 15) is 61.0 Å². The number of rotatable bonds is 56. The smallest absolute Gasteiger partial charge is 0.220 e. The van der Waals surface area contributed by atoms with Crippen LogP contribution in [-0.2, 0) is 33.2 Å². The lowest BCUT2D eigenvalue weighted by Gasteiger charge is -2.48. The Hall–Kier alpha value is -1.73. The van der Waals surface area contributed by atoms with Crippen LogP contribution >= 0.6 is 0 Å². The molecule has 3 rings (SSSR count). The van der Waals surface area contributed by atoms with E-state index in [1.54, 1.807) is 0 Å². The van der Waals surface area contributed by atoms with Gasteiger partial charge in [0.1, 0.15) is 73.2 Å². The first-order valence-corrected chi connectivity index (χ1v) is 36.1. The Balaban J connectivity index is 1.32. The van der Waals surface area contributed by atoms with Gasteiger partial charge in [0.25, 0.3) is 0 Å². The van der Waals surface area contributed by atoms with Crippen LogP contribution in [0.15, 0.2) is 24.3 Å². The minimum Gasteiger partial charge on any atom is -0.394 e. The Morgan fingerprint density at radius 1 is 0.404 bits per heavy atom. The molecular weight excluding hydrogens is 1140 g/mol. The Kier molecular flexibility index (Phi) is 48.1. The highest BCUT2D eigenvalue weighted by Crippen LogP contribution is 2.33. The molecule has 0 saturated carbocycles. The van der Waals surface area contributed by atoms with Gasteiger partial charge in [-0.15, -0.1) is 0 Å². The third-order valence-corrected chi connectivity index (χ3v) is 18.3. The van der Waals surface area contributed by atoms with E-state index in [-0.39, 0.29) is 18.9 Å². The fourth-order valence-corrected chi connectivity index (χ4v) is 12.4. The summed E-state index contributed by atoms with van der Waals surface area (Å²) in [6, 6.07) is -0.883. The highest BCUT2D eigenvalue weighted by atomic mass is 16.8. The number of amides is 1. The maximum absolute atomic E-state index is 13.4. The van der Waals surface area contributed by atoms with Crippen molar-refractivity contribution in [3.8, 4) is 0 Å². The third-order valence-electron chi connectivity index (χ3n) is 18.3. The van der Waals surface area contributed by atoms with Gasteiger partial charge in [-0.25, -0.2) is 0 Å². The van der Waals surface area contributed by atoms with Crippen molar-refractivity contribution < 1.29 is 89.4 Å². The Labute approximate surface area is 537 Å². The summed E-state index contributed by atoms with van der Waals surface area (Å²) in [5.41, 5.74) is 0. The lowest BCUT2D eigenvalue weighted by atomic mass is 9.96. The van der Waals surface area contributed by atoms with Gasteiger partial charge in [0, 0.05) is 6.42 Å². The molecule has 524 valence electrons. The quantitative estimate of drug-likeness (QED) is 0.0199. The van der Waals surface area contributed by atoms with Crippen molar-refractivity contribution in [3.05, 3.63) is 24.3 Å². The fraction of sp³-hybridized carbons (Fsp3) is 0.929. The molecular formula is C70H131NO18. The second kappa shape index (κ2) is 52.5. The second-order valence-corrected chi connectivity index (χ2v) is 26.1. The molecule has 19 heteroatoms. The van der Waals surface area contributed by atoms with E-state index < -0.39 is 124 Å². The van der Waals surface area contributed by atoms with Gasteiger partial charge >= 0.3 is 0 Å². The Morgan fingerprint density at radius 3 is 1.15 bits per heavy atom. The van der Waals surface area contributed by atoms with Crippen LogP contribution in [0.25, 0.3) is 0 Å². The van der Waals surface area contributed by atoms with Crippen molar-refractivity contribution in [3.63, 3.8) is 0 Å². The monoisotopic (exact) mass is 1270 g/mol. The predicted molar refractivity (Wildman–Crippen MR) is 346 cm³/mol. The van der Waals surface area contributed by atoms with Crippen LogP contribution in [0.5, 0.6) is 0 Å². The van der Waals surface area contributed by atoms with Crippen LogP contribution in [-0.4, -0.2) is 193 Å². The first-order valence-electron chi connectivity index (χ1n) is 36.1. The summed E-state index contributed by atoms with van der Waals surface area (Å²) in [5.74, 6) is -0.239. The summed E-state index contributed by atoms with van der Waals surface area (Å²) in [5, 5.41) is 120. The average Bonchev–Trinajstić information content (AvgIpc) is 1.33. The number of nitrogens with one attached hydrogen (secondary N) is 1. The van der Waals surface area contributed by atoms with Crippen LogP contribution in [0.3, 0.4) is 0 Å². The lowest BCUT2D eigenvalue weighted by molar-refractivity contribution is -0.379. The topological polar surface area (TPSA) is 307 Å². The average molecular weight is 1270 g/mol. The number of unbranched alkanes of at least 4 members (excludes halogenated alkanes) is 36. The zero-order valence-corrected chi connectivity index (χ0v) is 55.4. The maximum atomic E-state index is 13.4. The summed E-state index contributed by atoms with van der Waals surface area (Å²) in [4.78, 5) is 13.4. The molecule has 0 aliphatic carbocycles. The van der Waals surface area contributed by atoms with E-state index in [0.29, 0.717) is 12.8 Å². The number of aliphatic hydroxyl groups is 11.